The lowest BCUT2D eigenvalue weighted by atomic mass is 9.86. The van der Waals surface area contributed by atoms with Crippen molar-refractivity contribution in [3.8, 4) is 0 Å². The van der Waals surface area contributed by atoms with Gasteiger partial charge in [0.25, 0.3) is 5.91 Å². The summed E-state index contributed by atoms with van der Waals surface area (Å²) in [5, 5.41) is 3.04. The molecule has 1 saturated heterocycles. The number of hydrogen-bond acceptors (Lipinski definition) is 6. The third-order valence-electron chi connectivity index (χ3n) is 6.33. The van der Waals surface area contributed by atoms with Crippen LogP contribution in [0.1, 0.15) is 51.0 Å². The van der Waals surface area contributed by atoms with E-state index in [0.29, 0.717) is 25.4 Å². The van der Waals surface area contributed by atoms with E-state index < -0.39 is 18.3 Å². The highest BCUT2D eigenvalue weighted by Crippen LogP contribution is 2.24. The highest BCUT2D eigenvalue weighted by Gasteiger charge is 2.39. The molecule has 2 atom stereocenters. The zero-order chi connectivity index (χ0) is 22.9. The standard InChI is InChI=1S/C24H35N3O5/c1-2-31-24(30)32-21(15-17-7-4-3-5-8-17)23(29)27-14-6-9-20(27)22(28)26-16-18-10-12-19(25)13-11-18/h3-5,7-8,18-21H,2,6,9-16,25H2,1H3,(H,26,28)/t18?,19?,20-,21+/m0/s1. The normalized spacial score (nSPS) is 23.9. The van der Waals surface area contributed by atoms with E-state index in [2.05, 4.69) is 5.32 Å². The first kappa shape index (κ1) is 24.0. The van der Waals surface area contributed by atoms with Crippen molar-refractivity contribution in [1.29, 1.82) is 0 Å². The van der Waals surface area contributed by atoms with E-state index in [9.17, 15) is 14.4 Å². The first-order valence-electron chi connectivity index (χ1n) is 11.7. The molecule has 0 radical (unpaired) electrons. The number of nitrogens with two attached hydrogens (primary N) is 1. The SMILES string of the molecule is CCOC(=O)O[C@H](Cc1ccccc1)C(=O)N1CCC[C@H]1C(=O)NCC1CCC(N)CC1. The van der Waals surface area contributed by atoms with Gasteiger partial charge in [0.05, 0.1) is 6.61 Å². The molecule has 1 heterocycles. The van der Waals surface area contributed by atoms with Crippen LogP contribution in [-0.2, 0) is 25.5 Å². The molecule has 8 nitrogen and oxygen atoms in total. The molecule has 1 aromatic rings. The predicted octanol–water partition coefficient (Wildman–Crippen LogP) is 2.40. The van der Waals surface area contributed by atoms with E-state index in [4.69, 9.17) is 15.2 Å². The van der Waals surface area contributed by atoms with Crippen molar-refractivity contribution < 1.29 is 23.9 Å². The van der Waals surface area contributed by atoms with Gasteiger partial charge in [-0.3, -0.25) is 9.59 Å². The number of rotatable bonds is 8. The molecule has 3 rings (SSSR count). The van der Waals surface area contributed by atoms with Crippen LogP contribution < -0.4 is 11.1 Å². The van der Waals surface area contributed by atoms with Gasteiger partial charge in [0.15, 0.2) is 6.10 Å². The summed E-state index contributed by atoms with van der Waals surface area (Å²) in [4.78, 5) is 39.8. The number of carbonyl (C=O) groups excluding carboxylic acids is 3. The number of nitrogens with one attached hydrogen (secondary N) is 1. The molecule has 176 valence electrons. The molecule has 32 heavy (non-hydrogen) atoms. The molecule has 2 amide bonds. The second-order valence-corrected chi connectivity index (χ2v) is 8.69. The van der Waals surface area contributed by atoms with Crippen LogP contribution in [0.25, 0.3) is 0 Å². The summed E-state index contributed by atoms with van der Waals surface area (Å²) in [5.74, 6) is -0.0641. The summed E-state index contributed by atoms with van der Waals surface area (Å²) in [6, 6.07) is 9.09. The van der Waals surface area contributed by atoms with E-state index in [-0.39, 0.29) is 30.9 Å². The maximum Gasteiger partial charge on any atom is 0.509 e. The molecule has 3 N–H and O–H groups in total. The van der Waals surface area contributed by atoms with E-state index in [0.717, 1.165) is 37.7 Å². The molecule has 1 aliphatic carbocycles. The lowest BCUT2D eigenvalue weighted by molar-refractivity contribution is -0.146. The van der Waals surface area contributed by atoms with Crippen LogP contribution in [-0.4, -0.2) is 60.8 Å². The number of nitrogens with zero attached hydrogens (tertiary/aromatic N) is 1. The minimum atomic E-state index is -1.04. The molecule has 1 aromatic carbocycles. The molecule has 1 aliphatic heterocycles. The van der Waals surface area contributed by atoms with Gasteiger partial charge >= 0.3 is 6.16 Å². The van der Waals surface area contributed by atoms with E-state index in [1.165, 1.54) is 0 Å². The molecular weight excluding hydrogens is 410 g/mol. The fourth-order valence-electron chi connectivity index (χ4n) is 4.52. The lowest BCUT2D eigenvalue weighted by Crippen LogP contribution is -2.51. The maximum absolute atomic E-state index is 13.3. The Morgan fingerprint density at radius 1 is 1.12 bits per heavy atom. The van der Waals surface area contributed by atoms with Gasteiger partial charge in [-0.05, 0) is 56.9 Å². The van der Waals surface area contributed by atoms with Crippen LogP contribution in [0.2, 0.25) is 0 Å². The average Bonchev–Trinajstić information content (AvgIpc) is 3.28. The molecular formula is C24H35N3O5. The van der Waals surface area contributed by atoms with Gasteiger partial charge in [-0.2, -0.15) is 0 Å². The van der Waals surface area contributed by atoms with Crippen LogP contribution in [0.4, 0.5) is 4.79 Å². The van der Waals surface area contributed by atoms with E-state index in [1.807, 2.05) is 30.3 Å². The molecule has 1 saturated carbocycles. The molecule has 0 spiro atoms. The van der Waals surface area contributed by atoms with Crippen molar-refractivity contribution in [3.63, 3.8) is 0 Å². The average molecular weight is 446 g/mol. The summed E-state index contributed by atoms with van der Waals surface area (Å²) in [6.07, 6.45) is 3.66. The number of hydrogen-bond donors (Lipinski definition) is 2. The summed E-state index contributed by atoms with van der Waals surface area (Å²) in [6.45, 7) is 2.91. The van der Waals surface area contributed by atoms with Crippen molar-refractivity contribution in [2.75, 3.05) is 19.7 Å². The van der Waals surface area contributed by atoms with Crippen LogP contribution in [0.5, 0.6) is 0 Å². The Bertz CT molecular complexity index is 764. The minimum Gasteiger partial charge on any atom is -0.435 e. The summed E-state index contributed by atoms with van der Waals surface area (Å²) < 4.78 is 10.3. The molecule has 0 bridgehead atoms. The fourth-order valence-corrected chi connectivity index (χ4v) is 4.52. The topological polar surface area (TPSA) is 111 Å². The Labute approximate surface area is 189 Å². The smallest absolute Gasteiger partial charge is 0.435 e. The number of likely N-dealkylation sites (tertiary alicyclic amines) is 1. The Morgan fingerprint density at radius 3 is 2.53 bits per heavy atom. The van der Waals surface area contributed by atoms with Crippen molar-refractivity contribution in [1.82, 2.24) is 10.2 Å². The van der Waals surface area contributed by atoms with Crippen LogP contribution in [0.15, 0.2) is 30.3 Å². The number of amides is 2. The van der Waals surface area contributed by atoms with Gasteiger partial charge in [-0.1, -0.05) is 30.3 Å². The molecule has 2 fully saturated rings. The maximum atomic E-state index is 13.3. The second kappa shape index (κ2) is 11.9. The van der Waals surface area contributed by atoms with Gasteiger partial charge in [0, 0.05) is 25.6 Å². The number of ether oxygens (including phenoxy) is 2. The first-order valence-corrected chi connectivity index (χ1v) is 11.7. The zero-order valence-corrected chi connectivity index (χ0v) is 18.8. The number of carbonyl (C=O) groups is 3. The Morgan fingerprint density at radius 2 is 1.84 bits per heavy atom. The fraction of sp³-hybridized carbons (Fsp3) is 0.625. The van der Waals surface area contributed by atoms with Crippen molar-refractivity contribution in [2.45, 2.75) is 70.1 Å². The largest absolute Gasteiger partial charge is 0.509 e. The molecule has 2 aliphatic rings. The third-order valence-corrected chi connectivity index (χ3v) is 6.33. The van der Waals surface area contributed by atoms with Crippen LogP contribution >= 0.6 is 0 Å². The van der Waals surface area contributed by atoms with Crippen molar-refractivity contribution in [3.05, 3.63) is 35.9 Å². The van der Waals surface area contributed by atoms with Gasteiger partial charge in [0.1, 0.15) is 6.04 Å². The molecule has 8 heteroatoms. The quantitative estimate of drug-likeness (QED) is 0.595. The van der Waals surface area contributed by atoms with Gasteiger partial charge in [0.2, 0.25) is 5.91 Å². The first-order chi connectivity index (χ1) is 15.5. The van der Waals surface area contributed by atoms with Crippen LogP contribution in [0.3, 0.4) is 0 Å². The third kappa shape index (κ3) is 6.69. The Hall–Kier alpha value is -2.61. The summed E-state index contributed by atoms with van der Waals surface area (Å²) >= 11 is 0. The Balaban J connectivity index is 1.62. The zero-order valence-electron chi connectivity index (χ0n) is 18.8. The molecule has 0 aromatic heterocycles. The Kier molecular flexibility index (Phi) is 8.90. The van der Waals surface area contributed by atoms with E-state index >= 15 is 0 Å². The minimum absolute atomic E-state index is 0.139. The van der Waals surface area contributed by atoms with Crippen molar-refractivity contribution >= 4 is 18.0 Å². The molecule has 0 unspecified atom stereocenters. The summed E-state index contributed by atoms with van der Waals surface area (Å²) in [7, 11) is 0. The van der Waals surface area contributed by atoms with Gasteiger partial charge in [-0.15, -0.1) is 0 Å². The van der Waals surface area contributed by atoms with Gasteiger partial charge in [-0.25, -0.2) is 4.79 Å². The highest BCUT2D eigenvalue weighted by molar-refractivity contribution is 5.90. The van der Waals surface area contributed by atoms with E-state index in [1.54, 1.807) is 11.8 Å². The highest BCUT2D eigenvalue weighted by atomic mass is 16.7. The van der Waals surface area contributed by atoms with Crippen molar-refractivity contribution in [2.24, 2.45) is 11.7 Å². The predicted molar refractivity (Wildman–Crippen MR) is 120 cm³/mol. The lowest BCUT2D eigenvalue weighted by Gasteiger charge is -2.29. The second-order valence-electron chi connectivity index (χ2n) is 8.69. The van der Waals surface area contributed by atoms with Crippen LogP contribution in [0, 0.1) is 5.92 Å². The number of benzene rings is 1. The van der Waals surface area contributed by atoms with Gasteiger partial charge < -0.3 is 25.4 Å². The monoisotopic (exact) mass is 445 g/mol. The summed E-state index contributed by atoms with van der Waals surface area (Å²) in [5.41, 5.74) is 6.83.